The van der Waals surface area contributed by atoms with Crippen molar-refractivity contribution in [2.75, 3.05) is 13.2 Å². The summed E-state index contributed by atoms with van der Waals surface area (Å²) in [6.45, 7) is 8.85. The Morgan fingerprint density at radius 1 is 1.25 bits per heavy atom. The van der Waals surface area contributed by atoms with Crippen LogP contribution in [0.15, 0.2) is 23.1 Å². The number of aromatic amines is 1. The molecule has 1 aromatic heterocycles. The van der Waals surface area contributed by atoms with Gasteiger partial charge in [-0.2, -0.15) is 0 Å². The molecule has 1 aromatic carbocycles. The average Bonchev–Trinajstić information content (AvgIpc) is 2.53. The molecule has 24 heavy (non-hydrogen) atoms. The minimum atomic E-state index is -0.608. The molecule has 0 fully saturated rings. The van der Waals surface area contributed by atoms with Gasteiger partial charge >= 0.3 is 5.97 Å². The number of ether oxygens (including phenoxy) is 2. The van der Waals surface area contributed by atoms with Gasteiger partial charge in [-0.1, -0.05) is 20.8 Å². The fraction of sp³-hybridized carbons (Fsp3) is 0.474. The first-order chi connectivity index (χ1) is 11.5. The Morgan fingerprint density at radius 2 is 2.00 bits per heavy atom. The van der Waals surface area contributed by atoms with Crippen LogP contribution in [0.25, 0.3) is 10.9 Å². The smallest absolute Gasteiger partial charge is 0.343 e. The Morgan fingerprint density at radius 3 is 2.62 bits per heavy atom. The van der Waals surface area contributed by atoms with Crippen molar-refractivity contribution in [1.82, 2.24) is 4.98 Å². The predicted octanol–water partition coefficient (Wildman–Crippen LogP) is 3.69. The lowest BCUT2D eigenvalue weighted by Gasteiger charge is -2.14. The number of carbonyl (C=O) groups is 1. The summed E-state index contributed by atoms with van der Waals surface area (Å²) >= 11 is 0. The van der Waals surface area contributed by atoms with E-state index in [1.54, 1.807) is 13.0 Å². The molecule has 130 valence electrons. The van der Waals surface area contributed by atoms with Crippen LogP contribution >= 0.6 is 0 Å². The summed E-state index contributed by atoms with van der Waals surface area (Å²) in [5.74, 6) is 0.574. The van der Waals surface area contributed by atoms with Crippen molar-refractivity contribution < 1.29 is 14.3 Å². The van der Waals surface area contributed by atoms with Gasteiger partial charge in [0.15, 0.2) is 0 Å². The fourth-order valence-electron chi connectivity index (χ4n) is 2.60. The molecule has 0 unspecified atom stereocenters. The van der Waals surface area contributed by atoms with E-state index in [-0.39, 0.29) is 17.6 Å². The van der Waals surface area contributed by atoms with Crippen LogP contribution < -0.4 is 10.2 Å². The summed E-state index contributed by atoms with van der Waals surface area (Å²) in [7, 11) is 0. The highest BCUT2D eigenvalue weighted by Crippen LogP contribution is 2.26. The summed E-state index contributed by atoms with van der Waals surface area (Å²) in [6.07, 6.45) is 3.17. The highest BCUT2D eigenvalue weighted by Gasteiger charge is 2.16. The lowest BCUT2D eigenvalue weighted by atomic mass is 9.99. The minimum Gasteiger partial charge on any atom is -0.493 e. The molecule has 0 amide bonds. The van der Waals surface area contributed by atoms with E-state index in [1.807, 2.05) is 13.0 Å². The molecule has 0 aliphatic rings. The van der Waals surface area contributed by atoms with E-state index in [0.29, 0.717) is 29.2 Å². The van der Waals surface area contributed by atoms with Gasteiger partial charge in [-0.25, -0.2) is 4.79 Å². The van der Waals surface area contributed by atoms with Crippen LogP contribution in [-0.2, 0) is 11.2 Å². The molecule has 0 saturated heterocycles. The average molecular weight is 331 g/mol. The molecule has 5 nitrogen and oxygen atoms in total. The standard InChI is InChI=1S/C19H25NO4/c1-5-7-24-17-10-14-16(9-13(17)8-12(3)4)20-11-15(18(14)21)19(22)23-6-2/h9-12H,5-8H2,1-4H3,(H,20,21). The molecule has 0 aliphatic heterocycles. The molecule has 0 spiro atoms. The first-order valence-electron chi connectivity index (χ1n) is 8.46. The van der Waals surface area contributed by atoms with E-state index in [0.717, 1.165) is 18.4 Å². The highest BCUT2D eigenvalue weighted by molar-refractivity contribution is 5.94. The van der Waals surface area contributed by atoms with Crippen LogP contribution in [0, 0.1) is 5.92 Å². The van der Waals surface area contributed by atoms with Crippen molar-refractivity contribution in [3.8, 4) is 5.75 Å². The number of H-pyrrole nitrogens is 1. The highest BCUT2D eigenvalue weighted by atomic mass is 16.5. The van der Waals surface area contributed by atoms with Crippen molar-refractivity contribution in [1.29, 1.82) is 0 Å². The Kier molecular flexibility index (Phi) is 6.01. The molecule has 0 saturated carbocycles. The van der Waals surface area contributed by atoms with Crippen molar-refractivity contribution in [2.24, 2.45) is 5.92 Å². The Bertz CT molecular complexity index is 777. The zero-order valence-electron chi connectivity index (χ0n) is 14.8. The molecule has 1 heterocycles. The summed E-state index contributed by atoms with van der Waals surface area (Å²) < 4.78 is 10.8. The Labute approximate surface area is 142 Å². The first kappa shape index (κ1) is 18.0. The molecule has 0 radical (unpaired) electrons. The van der Waals surface area contributed by atoms with E-state index in [9.17, 15) is 9.59 Å². The third-order valence-electron chi connectivity index (χ3n) is 3.65. The maximum atomic E-state index is 12.6. The summed E-state index contributed by atoms with van der Waals surface area (Å²) in [5, 5.41) is 0.444. The van der Waals surface area contributed by atoms with Crippen LogP contribution in [0.4, 0.5) is 0 Å². The Hall–Kier alpha value is -2.30. The van der Waals surface area contributed by atoms with Crippen LogP contribution in [0.3, 0.4) is 0 Å². The molecule has 0 aliphatic carbocycles. The van der Waals surface area contributed by atoms with Crippen molar-refractivity contribution in [3.05, 3.63) is 39.7 Å². The fourth-order valence-corrected chi connectivity index (χ4v) is 2.60. The quantitative estimate of drug-likeness (QED) is 0.786. The number of aromatic nitrogens is 1. The third-order valence-corrected chi connectivity index (χ3v) is 3.65. The maximum absolute atomic E-state index is 12.6. The van der Waals surface area contributed by atoms with E-state index < -0.39 is 5.97 Å². The number of fused-ring (bicyclic) bond motifs is 1. The lowest BCUT2D eigenvalue weighted by Crippen LogP contribution is -2.18. The molecule has 5 heteroatoms. The second-order valence-corrected chi connectivity index (χ2v) is 6.20. The van der Waals surface area contributed by atoms with Gasteiger partial charge in [-0.05, 0) is 43.4 Å². The second-order valence-electron chi connectivity index (χ2n) is 6.20. The van der Waals surface area contributed by atoms with Gasteiger partial charge < -0.3 is 14.5 Å². The van der Waals surface area contributed by atoms with Crippen molar-refractivity contribution >= 4 is 16.9 Å². The second kappa shape index (κ2) is 7.99. The predicted molar refractivity (Wildman–Crippen MR) is 94.9 cm³/mol. The van der Waals surface area contributed by atoms with Crippen LogP contribution in [0.2, 0.25) is 0 Å². The molecular formula is C19H25NO4. The number of nitrogens with one attached hydrogen (secondary N) is 1. The molecule has 0 atom stereocenters. The van der Waals surface area contributed by atoms with Gasteiger partial charge in [0.05, 0.1) is 18.6 Å². The molecular weight excluding hydrogens is 306 g/mol. The van der Waals surface area contributed by atoms with Gasteiger partial charge in [0, 0.05) is 11.7 Å². The van der Waals surface area contributed by atoms with Gasteiger partial charge in [0.2, 0.25) is 5.43 Å². The minimum absolute atomic E-state index is 0.0161. The number of rotatable bonds is 7. The number of hydrogen-bond acceptors (Lipinski definition) is 4. The third kappa shape index (κ3) is 3.96. The first-order valence-corrected chi connectivity index (χ1v) is 8.46. The summed E-state index contributed by atoms with van der Waals surface area (Å²) in [5.41, 5.74) is 1.44. The maximum Gasteiger partial charge on any atom is 0.343 e. The van der Waals surface area contributed by atoms with Crippen molar-refractivity contribution in [2.45, 2.75) is 40.5 Å². The Balaban J connectivity index is 2.57. The van der Waals surface area contributed by atoms with E-state index in [4.69, 9.17) is 9.47 Å². The number of pyridine rings is 1. The van der Waals surface area contributed by atoms with Crippen molar-refractivity contribution in [3.63, 3.8) is 0 Å². The van der Waals surface area contributed by atoms with Gasteiger partial charge in [-0.15, -0.1) is 0 Å². The van der Waals surface area contributed by atoms with Gasteiger partial charge in [0.1, 0.15) is 11.3 Å². The zero-order valence-corrected chi connectivity index (χ0v) is 14.8. The van der Waals surface area contributed by atoms with Crippen LogP contribution in [0.1, 0.15) is 50.0 Å². The summed E-state index contributed by atoms with van der Waals surface area (Å²) in [6, 6.07) is 3.68. The molecule has 2 rings (SSSR count). The van der Waals surface area contributed by atoms with Gasteiger partial charge in [0.25, 0.3) is 0 Å². The van der Waals surface area contributed by atoms with E-state index in [2.05, 4.69) is 18.8 Å². The number of hydrogen-bond donors (Lipinski definition) is 1. The normalized spacial score (nSPS) is 11.0. The monoisotopic (exact) mass is 331 g/mol. The lowest BCUT2D eigenvalue weighted by molar-refractivity contribution is 0.0524. The topological polar surface area (TPSA) is 68.4 Å². The van der Waals surface area contributed by atoms with Gasteiger partial charge in [-0.3, -0.25) is 4.79 Å². The largest absolute Gasteiger partial charge is 0.493 e. The van der Waals surface area contributed by atoms with Crippen LogP contribution in [0.5, 0.6) is 5.75 Å². The molecule has 1 N–H and O–H groups in total. The molecule has 0 bridgehead atoms. The van der Waals surface area contributed by atoms with E-state index in [1.165, 1.54) is 6.20 Å². The SMILES string of the molecule is CCCOc1cc2c(=O)c(C(=O)OCC)c[nH]c2cc1CC(C)C. The number of esters is 1. The van der Waals surface area contributed by atoms with Crippen LogP contribution in [-0.4, -0.2) is 24.2 Å². The number of carbonyl (C=O) groups excluding carboxylic acids is 1. The van der Waals surface area contributed by atoms with E-state index >= 15 is 0 Å². The zero-order chi connectivity index (χ0) is 17.7. The number of benzene rings is 1. The molecule has 2 aromatic rings. The summed E-state index contributed by atoms with van der Waals surface area (Å²) in [4.78, 5) is 27.6.